The van der Waals surface area contributed by atoms with Gasteiger partial charge in [0, 0.05) is 5.88 Å². The molecule has 0 aromatic heterocycles. The first kappa shape index (κ1) is 11.4. The van der Waals surface area contributed by atoms with Gasteiger partial charge >= 0.3 is 0 Å². The standard InChI is InChI=1S/C14H14ClSi/c15-11-12-16(13-7-3-1-4-8-13)14-9-5-2-6-10-14/h1-10H,11-12H2. The van der Waals surface area contributed by atoms with Crippen LogP contribution in [0.2, 0.25) is 6.04 Å². The second kappa shape index (κ2) is 5.88. The summed E-state index contributed by atoms with van der Waals surface area (Å²) in [6.45, 7) is 0. The van der Waals surface area contributed by atoms with Crippen LogP contribution in [0.5, 0.6) is 0 Å². The molecule has 0 aliphatic rings. The molecule has 0 spiro atoms. The van der Waals surface area contributed by atoms with E-state index < -0.39 is 8.80 Å². The zero-order valence-corrected chi connectivity index (χ0v) is 10.8. The molecule has 2 rings (SSSR count). The molecule has 0 unspecified atom stereocenters. The Bertz CT molecular complexity index is 374. The smallest absolute Gasteiger partial charge is 0.122 e. The summed E-state index contributed by atoms with van der Waals surface area (Å²) in [6.07, 6.45) is 0. The Balaban J connectivity index is 2.31. The number of halogens is 1. The molecule has 0 aliphatic heterocycles. The Kier molecular flexibility index (Phi) is 4.20. The minimum absolute atomic E-state index is 0.683. The third-order valence-corrected chi connectivity index (χ3v) is 5.91. The highest BCUT2D eigenvalue weighted by Crippen LogP contribution is 1.99. The molecule has 2 heteroatoms. The number of hydrogen-bond donors (Lipinski definition) is 0. The molecule has 2 aromatic rings. The van der Waals surface area contributed by atoms with Gasteiger partial charge in [0.15, 0.2) is 0 Å². The Morgan fingerprint density at radius 2 is 1.19 bits per heavy atom. The SMILES string of the molecule is ClCC[Si](c1ccccc1)c1ccccc1. The van der Waals surface area contributed by atoms with E-state index in [1.165, 1.54) is 10.4 Å². The van der Waals surface area contributed by atoms with E-state index in [2.05, 4.69) is 60.7 Å². The van der Waals surface area contributed by atoms with E-state index in [1.54, 1.807) is 0 Å². The highest BCUT2D eigenvalue weighted by Gasteiger charge is 2.15. The molecule has 0 nitrogen and oxygen atoms in total. The topological polar surface area (TPSA) is 0 Å². The van der Waals surface area contributed by atoms with Gasteiger partial charge in [-0.3, -0.25) is 0 Å². The third-order valence-electron chi connectivity index (χ3n) is 2.59. The lowest BCUT2D eigenvalue weighted by Gasteiger charge is -2.14. The van der Waals surface area contributed by atoms with Crippen LogP contribution in [0.25, 0.3) is 0 Å². The number of benzene rings is 2. The van der Waals surface area contributed by atoms with Gasteiger partial charge in [-0.1, -0.05) is 71.0 Å². The molecule has 0 heterocycles. The molecule has 16 heavy (non-hydrogen) atoms. The van der Waals surface area contributed by atoms with Crippen molar-refractivity contribution in [2.24, 2.45) is 0 Å². The summed E-state index contributed by atoms with van der Waals surface area (Å²) >= 11 is 5.92. The lowest BCUT2D eigenvalue weighted by molar-refractivity contribution is 1.44. The predicted octanol–water partition coefficient (Wildman–Crippen LogP) is 2.53. The van der Waals surface area contributed by atoms with Crippen LogP contribution < -0.4 is 10.4 Å². The lowest BCUT2D eigenvalue weighted by Crippen LogP contribution is -2.42. The molecule has 2 aromatic carbocycles. The Hall–Kier alpha value is -1.05. The predicted molar refractivity (Wildman–Crippen MR) is 73.4 cm³/mol. The van der Waals surface area contributed by atoms with Crippen LogP contribution in [0.3, 0.4) is 0 Å². The van der Waals surface area contributed by atoms with Crippen LogP contribution in [0.15, 0.2) is 60.7 Å². The molecule has 0 amide bonds. The first-order valence-corrected chi connectivity index (χ1v) is 7.68. The Morgan fingerprint density at radius 3 is 1.56 bits per heavy atom. The first-order valence-electron chi connectivity index (χ1n) is 5.44. The van der Waals surface area contributed by atoms with Crippen molar-refractivity contribution in [1.29, 1.82) is 0 Å². The largest absolute Gasteiger partial charge is 0.127 e. The fourth-order valence-electron chi connectivity index (χ4n) is 1.83. The average Bonchev–Trinajstić information content (AvgIpc) is 2.38. The fraction of sp³-hybridized carbons (Fsp3) is 0.143. The fourth-order valence-corrected chi connectivity index (χ4v) is 4.68. The van der Waals surface area contributed by atoms with Crippen LogP contribution in [0, 0.1) is 0 Å². The van der Waals surface area contributed by atoms with E-state index in [-0.39, 0.29) is 0 Å². The highest BCUT2D eigenvalue weighted by atomic mass is 35.5. The number of rotatable bonds is 4. The minimum atomic E-state index is -0.683. The normalized spacial score (nSPS) is 10.6. The van der Waals surface area contributed by atoms with Crippen molar-refractivity contribution >= 4 is 30.8 Å². The molecular formula is C14H14ClSi. The van der Waals surface area contributed by atoms with Gasteiger partial charge in [0.2, 0.25) is 0 Å². The zero-order chi connectivity index (χ0) is 11.2. The summed E-state index contributed by atoms with van der Waals surface area (Å²) in [6, 6.07) is 22.5. The van der Waals surface area contributed by atoms with Crippen LogP contribution in [-0.4, -0.2) is 14.7 Å². The summed E-state index contributed by atoms with van der Waals surface area (Å²) in [5.41, 5.74) is 0. The third kappa shape index (κ3) is 2.74. The maximum Gasteiger partial charge on any atom is 0.122 e. The second-order valence-corrected chi connectivity index (χ2v) is 6.64. The van der Waals surface area contributed by atoms with Gasteiger partial charge < -0.3 is 0 Å². The van der Waals surface area contributed by atoms with Crippen molar-refractivity contribution in [2.45, 2.75) is 6.04 Å². The zero-order valence-electron chi connectivity index (χ0n) is 9.07. The minimum Gasteiger partial charge on any atom is -0.127 e. The summed E-state index contributed by atoms with van der Waals surface area (Å²) in [5, 5.41) is 2.89. The molecule has 0 bridgehead atoms. The number of hydrogen-bond acceptors (Lipinski definition) is 0. The Morgan fingerprint density at radius 1 is 0.750 bits per heavy atom. The van der Waals surface area contributed by atoms with Gasteiger partial charge in [0.25, 0.3) is 0 Å². The summed E-state index contributed by atoms with van der Waals surface area (Å²) in [7, 11) is -0.683. The molecule has 81 valence electrons. The molecule has 0 fully saturated rings. The van der Waals surface area contributed by atoms with Crippen molar-refractivity contribution in [1.82, 2.24) is 0 Å². The van der Waals surface area contributed by atoms with E-state index >= 15 is 0 Å². The first-order chi connectivity index (χ1) is 7.92. The maximum absolute atomic E-state index is 5.92. The van der Waals surface area contributed by atoms with Gasteiger partial charge in [-0.25, -0.2) is 0 Å². The van der Waals surface area contributed by atoms with Crippen molar-refractivity contribution in [3.8, 4) is 0 Å². The van der Waals surface area contributed by atoms with Crippen molar-refractivity contribution in [3.05, 3.63) is 60.7 Å². The molecule has 0 atom stereocenters. The van der Waals surface area contributed by atoms with Gasteiger partial charge in [-0.2, -0.15) is 0 Å². The van der Waals surface area contributed by atoms with E-state index in [1.807, 2.05) is 0 Å². The lowest BCUT2D eigenvalue weighted by atomic mass is 10.4. The van der Waals surface area contributed by atoms with E-state index in [4.69, 9.17) is 11.6 Å². The van der Waals surface area contributed by atoms with Gasteiger partial charge in [0.05, 0.1) is 0 Å². The average molecular weight is 246 g/mol. The van der Waals surface area contributed by atoms with Gasteiger partial charge in [-0.15, -0.1) is 11.6 Å². The highest BCUT2D eigenvalue weighted by molar-refractivity contribution is 6.85. The maximum atomic E-state index is 5.92. The second-order valence-electron chi connectivity index (χ2n) is 3.65. The molecule has 0 N–H and O–H groups in total. The van der Waals surface area contributed by atoms with Crippen molar-refractivity contribution in [2.75, 3.05) is 5.88 Å². The molecule has 0 saturated carbocycles. The Labute approximate surface area is 103 Å². The van der Waals surface area contributed by atoms with Gasteiger partial charge in [0.1, 0.15) is 8.80 Å². The van der Waals surface area contributed by atoms with Crippen LogP contribution in [0.4, 0.5) is 0 Å². The molecule has 1 radical (unpaired) electrons. The van der Waals surface area contributed by atoms with Crippen molar-refractivity contribution in [3.63, 3.8) is 0 Å². The van der Waals surface area contributed by atoms with Gasteiger partial charge in [-0.05, 0) is 6.04 Å². The quantitative estimate of drug-likeness (QED) is 0.574. The molecule has 0 aliphatic carbocycles. The van der Waals surface area contributed by atoms with Crippen LogP contribution in [-0.2, 0) is 0 Å². The summed E-state index contributed by atoms with van der Waals surface area (Å²) in [4.78, 5) is 0. The van der Waals surface area contributed by atoms with E-state index in [9.17, 15) is 0 Å². The molecule has 0 saturated heterocycles. The number of alkyl halides is 1. The van der Waals surface area contributed by atoms with Crippen LogP contribution >= 0.6 is 11.6 Å². The van der Waals surface area contributed by atoms with E-state index in [0.29, 0.717) is 0 Å². The summed E-state index contributed by atoms with van der Waals surface area (Å²) in [5.74, 6) is 0.734. The summed E-state index contributed by atoms with van der Waals surface area (Å²) < 4.78 is 0. The van der Waals surface area contributed by atoms with Crippen molar-refractivity contribution < 1.29 is 0 Å². The van der Waals surface area contributed by atoms with E-state index in [0.717, 1.165) is 11.9 Å². The van der Waals surface area contributed by atoms with Crippen LogP contribution in [0.1, 0.15) is 0 Å². The monoisotopic (exact) mass is 245 g/mol. The molecular weight excluding hydrogens is 232 g/mol.